The maximum absolute atomic E-state index is 12.3. The van der Waals surface area contributed by atoms with Gasteiger partial charge in [-0.15, -0.1) is 0 Å². The van der Waals surface area contributed by atoms with Crippen LogP contribution in [-0.4, -0.2) is 30.9 Å². The molecule has 1 heterocycles. The standard InChI is InChI=1S/C23H24ClN3O3/c1-15-11-18(16(2)27(15)20-8-6-5-7-19(20)24)14-25-26-23(28)13-17-9-10-21(29-3)22(12-17)30-4/h5-12,14H,13H2,1-4H3,(H,26,28)/b25-14-. The number of halogens is 1. The minimum Gasteiger partial charge on any atom is -0.493 e. The van der Waals surface area contributed by atoms with Crippen molar-refractivity contribution in [2.45, 2.75) is 20.3 Å². The van der Waals surface area contributed by atoms with E-state index in [0.29, 0.717) is 16.5 Å². The average molecular weight is 426 g/mol. The first-order valence-corrected chi connectivity index (χ1v) is 9.79. The summed E-state index contributed by atoms with van der Waals surface area (Å²) in [6.07, 6.45) is 1.82. The van der Waals surface area contributed by atoms with Crippen molar-refractivity contribution in [1.29, 1.82) is 0 Å². The smallest absolute Gasteiger partial charge is 0.244 e. The SMILES string of the molecule is COc1ccc(CC(=O)N/N=C\c2cc(C)n(-c3ccccc3Cl)c2C)cc1OC. The molecule has 1 amide bonds. The zero-order valence-corrected chi connectivity index (χ0v) is 18.2. The van der Waals surface area contributed by atoms with E-state index in [4.69, 9.17) is 21.1 Å². The van der Waals surface area contributed by atoms with Crippen molar-refractivity contribution < 1.29 is 14.3 Å². The third kappa shape index (κ3) is 4.66. The number of hydrogen-bond donors (Lipinski definition) is 1. The van der Waals surface area contributed by atoms with E-state index in [1.807, 2.05) is 50.2 Å². The molecule has 6 nitrogen and oxygen atoms in total. The first-order valence-electron chi connectivity index (χ1n) is 9.41. The van der Waals surface area contributed by atoms with Crippen LogP contribution in [0.4, 0.5) is 0 Å². The monoisotopic (exact) mass is 425 g/mol. The molecule has 0 saturated heterocycles. The van der Waals surface area contributed by atoms with Gasteiger partial charge >= 0.3 is 0 Å². The summed E-state index contributed by atoms with van der Waals surface area (Å²) < 4.78 is 12.5. The number of aromatic nitrogens is 1. The van der Waals surface area contributed by atoms with Crippen molar-refractivity contribution >= 4 is 23.7 Å². The molecular formula is C23H24ClN3O3. The van der Waals surface area contributed by atoms with Crippen molar-refractivity contribution in [1.82, 2.24) is 9.99 Å². The normalized spacial score (nSPS) is 11.0. The zero-order chi connectivity index (χ0) is 21.7. The van der Waals surface area contributed by atoms with Crippen molar-refractivity contribution in [2.75, 3.05) is 14.2 Å². The van der Waals surface area contributed by atoms with E-state index in [9.17, 15) is 4.79 Å². The minimum atomic E-state index is -0.224. The highest BCUT2D eigenvalue weighted by molar-refractivity contribution is 6.32. The van der Waals surface area contributed by atoms with E-state index < -0.39 is 0 Å². The molecule has 0 aliphatic carbocycles. The molecule has 0 aliphatic heterocycles. The fourth-order valence-electron chi connectivity index (χ4n) is 3.31. The first kappa shape index (κ1) is 21.5. The Morgan fingerprint density at radius 3 is 2.53 bits per heavy atom. The number of carbonyl (C=O) groups is 1. The number of rotatable bonds is 7. The number of carbonyl (C=O) groups excluding carboxylic acids is 1. The van der Waals surface area contributed by atoms with Crippen LogP contribution >= 0.6 is 11.6 Å². The molecule has 30 heavy (non-hydrogen) atoms. The van der Waals surface area contributed by atoms with Gasteiger partial charge in [-0.2, -0.15) is 5.10 Å². The molecule has 0 fully saturated rings. The van der Waals surface area contributed by atoms with Crippen molar-refractivity contribution in [2.24, 2.45) is 5.10 Å². The maximum atomic E-state index is 12.3. The minimum absolute atomic E-state index is 0.177. The number of para-hydroxylation sites is 1. The molecule has 2 aromatic carbocycles. The lowest BCUT2D eigenvalue weighted by molar-refractivity contribution is -0.120. The lowest BCUT2D eigenvalue weighted by atomic mass is 10.1. The van der Waals surface area contributed by atoms with Crippen molar-refractivity contribution in [3.63, 3.8) is 0 Å². The summed E-state index contributed by atoms with van der Waals surface area (Å²) in [6.45, 7) is 3.99. The number of nitrogens with one attached hydrogen (secondary N) is 1. The topological polar surface area (TPSA) is 64.8 Å². The number of ether oxygens (including phenoxy) is 2. The fourth-order valence-corrected chi connectivity index (χ4v) is 3.53. The van der Waals surface area contributed by atoms with Gasteiger partial charge in [0.15, 0.2) is 11.5 Å². The summed E-state index contributed by atoms with van der Waals surface area (Å²) in [5, 5.41) is 4.79. The second-order valence-corrected chi connectivity index (χ2v) is 7.18. The molecule has 0 bridgehead atoms. The number of aryl methyl sites for hydroxylation is 1. The molecule has 0 saturated carbocycles. The van der Waals surface area contributed by atoms with Gasteiger partial charge in [0.1, 0.15) is 0 Å². The summed E-state index contributed by atoms with van der Waals surface area (Å²) in [4.78, 5) is 12.3. The van der Waals surface area contributed by atoms with Crippen LogP contribution in [0.1, 0.15) is 22.5 Å². The largest absolute Gasteiger partial charge is 0.493 e. The molecule has 156 valence electrons. The molecule has 1 aromatic heterocycles. The lowest BCUT2D eigenvalue weighted by Crippen LogP contribution is -2.19. The van der Waals surface area contributed by atoms with Crippen LogP contribution in [0, 0.1) is 13.8 Å². The highest BCUT2D eigenvalue weighted by Gasteiger charge is 2.12. The van der Waals surface area contributed by atoms with E-state index >= 15 is 0 Å². The van der Waals surface area contributed by atoms with Gasteiger partial charge in [0.05, 0.1) is 37.6 Å². The zero-order valence-electron chi connectivity index (χ0n) is 17.4. The number of amides is 1. The Morgan fingerprint density at radius 2 is 1.83 bits per heavy atom. The van der Waals surface area contributed by atoms with Crippen LogP contribution in [0.15, 0.2) is 53.6 Å². The number of hydrazone groups is 1. The molecule has 7 heteroatoms. The summed E-state index contributed by atoms with van der Waals surface area (Å²) in [7, 11) is 3.13. The van der Waals surface area contributed by atoms with Gasteiger partial charge in [-0.3, -0.25) is 4.79 Å². The fraction of sp³-hybridized carbons (Fsp3) is 0.217. The van der Waals surface area contributed by atoms with Crippen molar-refractivity contribution in [3.05, 3.63) is 76.1 Å². The third-order valence-corrected chi connectivity index (χ3v) is 5.09. The lowest BCUT2D eigenvalue weighted by Gasteiger charge is -2.11. The van der Waals surface area contributed by atoms with Gasteiger partial charge < -0.3 is 14.0 Å². The van der Waals surface area contributed by atoms with Crippen LogP contribution in [0.2, 0.25) is 5.02 Å². The Morgan fingerprint density at radius 1 is 1.10 bits per heavy atom. The maximum Gasteiger partial charge on any atom is 0.244 e. The summed E-state index contributed by atoms with van der Waals surface area (Å²) in [5.41, 5.74) is 7.20. The van der Waals surface area contributed by atoms with E-state index in [1.54, 1.807) is 32.6 Å². The highest BCUT2D eigenvalue weighted by Crippen LogP contribution is 2.28. The average Bonchev–Trinajstić information content (AvgIpc) is 3.01. The van der Waals surface area contributed by atoms with E-state index in [0.717, 1.165) is 28.2 Å². The molecule has 0 radical (unpaired) electrons. The Kier molecular flexibility index (Phi) is 6.79. The molecule has 3 aromatic rings. The van der Waals surface area contributed by atoms with Crippen LogP contribution < -0.4 is 14.9 Å². The Balaban J connectivity index is 1.69. The Hall–Kier alpha value is -3.25. The summed E-state index contributed by atoms with van der Waals surface area (Å²) in [5.74, 6) is 0.977. The Bertz CT molecular complexity index is 1090. The molecular weight excluding hydrogens is 402 g/mol. The van der Waals surface area contributed by atoms with Gasteiger partial charge in [-0.1, -0.05) is 29.8 Å². The molecule has 3 rings (SSSR count). The molecule has 0 spiro atoms. The van der Waals surface area contributed by atoms with Gasteiger partial charge in [0.25, 0.3) is 0 Å². The second kappa shape index (κ2) is 9.50. The van der Waals surface area contributed by atoms with Crippen LogP contribution in [0.5, 0.6) is 11.5 Å². The van der Waals surface area contributed by atoms with Crippen LogP contribution in [-0.2, 0) is 11.2 Å². The van der Waals surface area contributed by atoms with Gasteiger partial charge in [-0.05, 0) is 49.7 Å². The molecule has 1 N–H and O–H groups in total. The van der Waals surface area contributed by atoms with E-state index in [1.165, 1.54) is 0 Å². The van der Waals surface area contributed by atoms with Gasteiger partial charge in [0, 0.05) is 17.0 Å². The predicted molar refractivity (Wildman–Crippen MR) is 119 cm³/mol. The second-order valence-electron chi connectivity index (χ2n) is 6.77. The number of hydrogen-bond acceptors (Lipinski definition) is 4. The molecule has 0 atom stereocenters. The van der Waals surface area contributed by atoms with Crippen LogP contribution in [0.25, 0.3) is 5.69 Å². The predicted octanol–water partition coefficient (Wildman–Crippen LogP) is 4.46. The number of methoxy groups -OCH3 is 2. The molecule has 0 aliphatic rings. The number of nitrogens with zero attached hydrogens (tertiary/aromatic N) is 2. The van der Waals surface area contributed by atoms with Crippen LogP contribution in [0.3, 0.4) is 0 Å². The highest BCUT2D eigenvalue weighted by atomic mass is 35.5. The first-order chi connectivity index (χ1) is 14.4. The van der Waals surface area contributed by atoms with Gasteiger partial charge in [-0.25, -0.2) is 5.43 Å². The molecule has 0 unspecified atom stereocenters. The summed E-state index contributed by atoms with van der Waals surface area (Å²) >= 11 is 6.35. The summed E-state index contributed by atoms with van der Waals surface area (Å²) in [6, 6.07) is 15.0. The van der Waals surface area contributed by atoms with Gasteiger partial charge in [0.2, 0.25) is 5.91 Å². The quantitative estimate of drug-likeness (QED) is 0.449. The number of benzene rings is 2. The third-order valence-electron chi connectivity index (χ3n) is 4.77. The van der Waals surface area contributed by atoms with E-state index in [2.05, 4.69) is 15.1 Å². The Labute approximate surface area is 181 Å². The van der Waals surface area contributed by atoms with Crippen molar-refractivity contribution in [3.8, 4) is 17.2 Å². The van der Waals surface area contributed by atoms with E-state index in [-0.39, 0.29) is 12.3 Å².